The van der Waals surface area contributed by atoms with Gasteiger partial charge in [0.2, 0.25) is 0 Å². The molecule has 2 fully saturated rings. The first-order valence-corrected chi connectivity index (χ1v) is 9.82. The topological polar surface area (TPSA) is 60.9 Å². The SMILES string of the molecule is CCOC(=O)c1cnc2c(C)cc(F)cc2c1N1CCCC(C2OCCO2)C1. The predicted molar refractivity (Wildman–Crippen MR) is 103 cm³/mol. The van der Waals surface area contributed by atoms with Crippen molar-refractivity contribution in [2.45, 2.75) is 33.0 Å². The number of benzene rings is 1. The van der Waals surface area contributed by atoms with Gasteiger partial charge in [0.15, 0.2) is 6.29 Å². The second-order valence-electron chi connectivity index (χ2n) is 7.32. The van der Waals surface area contributed by atoms with Crippen molar-refractivity contribution in [1.29, 1.82) is 0 Å². The van der Waals surface area contributed by atoms with E-state index in [0.717, 1.165) is 24.9 Å². The zero-order valence-corrected chi connectivity index (χ0v) is 16.2. The molecule has 2 aliphatic heterocycles. The largest absolute Gasteiger partial charge is 0.462 e. The molecule has 0 spiro atoms. The van der Waals surface area contributed by atoms with Crippen LogP contribution in [0.3, 0.4) is 0 Å². The van der Waals surface area contributed by atoms with Crippen LogP contribution in [-0.4, -0.2) is 50.2 Å². The summed E-state index contributed by atoms with van der Waals surface area (Å²) in [6, 6.07) is 2.92. The van der Waals surface area contributed by atoms with E-state index in [1.165, 1.54) is 12.1 Å². The van der Waals surface area contributed by atoms with Gasteiger partial charge in [-0.05, 0) is 44.4 Å². The fourth-order valence-electron chi connectivity index (χ4n) is 4.21. The van der Waals surface area contributed by atoms with Crippen molar-refractivity contribution in [2.75, 3.05) is 37.8 Å². The molecular formula is C21H25FN2O4. The number of rotatable bonds is 4. The van der Waals surface area contributed by atoms with Gasteiger partial charge in [-0.1, -0.05) is 0 Å². The Bertz CT molecular complexity index is 882. The summed E-state index contributed by atoms with van der Waals surface area (Å²) in [5, 5.41) is 0.636. The van der Waals surface area contributed by atoms with Crippen molar-refractivity contribution in [3.8, 4) is 0 Å². The van der Waals surface area contributed by atoms with E-state index in [-0.39, 0.29) is 24.6 Å². The van der Waals surface area contributed by atoms with Crippen molar-refractivity contribution < 1.29 is 23.4 Å². The molecule has 0 bridgehead atoms. The Morgan fingerprint density at radius 3 is 2.89 bits per heavy atom. The number of carbonyl (C=O) groups excluding carboxylic acids is 1. The highest BCUT2D eigenvalue weighted by atomic mass is 19.1. The number of halogens is 1. The molecular weight excluding hydrogens is 363 g/mol. The predicted octanol–water partition coefficient (Wildman–Crippen LogP) is 3.45. The Hall–Kier alpha value is -2.25. The number of pyridine rings is 1. The molecule has 0 amide bonds. The number of fused-ring (bicyclic) bond motifs is 1. The quantitative estimate of drug-likeness (QED) is 0.748. The highest BCUT2D eigenvalue weighted by molar-refractivity contribution is 6.06. The van der Waals surface area contributed by atoms with Gasteiger partial charge < -0.3 is 19.1 Å². The summed E-state index contributed by atoms with van der Waals surface area (Å²) >= 11 is 0. The van der Waals surface area contributed by atoms with Crippen LogP contribution in [0.1, 0.15) is 35.7 Å². The number of aryl methyl sites for hydroxylation is 1. The molecule has 2 saturated heterocycles. The van der Waals surface area contributed by atoms with Gasteiger partial charge in [0, 0.05) is 30.6 Å². The zero-order valence-electron chi connectivity index (χ0n) is 16.2. The molecule has 7 heteroatoms. The smallest absolute Gasteiger partial charge is 0.341 e. The molecule has 0 aliphatic carbocycles. The molecule has 2 aliphatic rings. The number of piperidine rings is 1. The fourth-order valence-corrected chi connectivity index (χ4v) is 4.21. The van der Waals surface area contributed by atoms with Gasteiger partial charge in [-0.25, -0.2) is 9.18 Å². The van der Waals surface area contributed by atoms with Gasteiger partial charge in [0.05, 0.1) is 31.0 Å². The average molecular weight is 388 g/mol. The molecule has 1 aromatic carbocycles. The molecule has 28 heavy (non-hydrogen) atoms. The van der Waals surface area contributed by atoms with Crippen molar-refractivity contribution in [1.82, 2.24) is 4.98 Å². The maximum Gasteiger partial charge on any atom is 0.341 e. The van der Waals surface area contributed by atoms with Gasteiger partial charge in [0.1, 0.15) is 11.4 Å². The maximum absolute atomic E-state index is 14.2. The Morgan fingerprint density at radius 1 is 1.36 bits per heavy atom. The van der Waals surface area contributed by atoms with Crippen LogP contribution in [0.5, 0.6) is 0 Å². The molecule has 1 aromatic heterocycles. The molecule has 6 nitrogen and oxygen atoms in total. The van der Waals surface area contributed by atoms with Crippen LogP contribution < -0.4 is 4.90 Å². The van der Waals surface area contributed by atoms with Crippen LogP contribution in [0.4, 0.5) is 10.1 Å². The lowest BCUT2D eigenvalue weighted by molar-refractivity contribution is -0.0858. The normalized spacial score (nSPS) is 20.7. The van der Waals surface area contributed by atoms with Crippen LogP contribution in [0.15, 0.2) is 18.3 Å². The Labute approximate surface area is 163 Å². The van der Waals surface area contributed by atoms with E-state index < -0.39 is 5.97 Å². The van der Waals surface area contributed by atoms with Crippen molar-refractivity contribution in [2.24, 2.45) is 5.92 Å². The number of anilines is 1. The van der Waals surface area contributed by atoms with Crippen molar-refractivity contribution in [3.05, 3.63) is 35.3 Å². The van der Waals surface area contributed by atoms with E-state index in [1.54, 1.807) is 13.1 Å². The minimum atomic E-state index is -0.440. The number of hydrogen-bond donors (Lipinski definition) is 0. The maximum atomic E-state index is 14.2. The number of esters is 1. The Kier molecular flexibility index (Phi) is 5.46. The summed E-state index contributed by atoms with van der Waals surface area (Å²) in [5.74, 6) is -0.585. The molecule has 3 heterocycles. The molecule has 0 saturated carbocycles. The molecule has 4 rings (SSSR count). The first-order valence-electron chi connectivity index (χ1n) is 9.82. The summed E-state index contributed by atoms with van der Waals surface area (Å²) in [6.45, 7) is 6.52. The number of carbonyl (C=O) groups is 1. The third-order valence-corrected chi connectivity index (χ3v) is 5.40. The zero-order chi connectivity index (χ0) is 19.7. The summed E-state index contributed by atoms with van der Waals surface area (Å²) in [5.41, 5.74) is 2.49. The minimum Gasteiger partial charge on any atom is -0.462 e. The van der Waals surface area contributed by atoms with Gasteiger partial charge in [-0.15, -0.1) is 0 Å². The van der Waals surface area contributed by atoms with Gasteiger partial charge in [0.25, 0.3) is 0 Å². The average Bonchev–Trinajstić information content (AvgIpc) is 3.22. The number of hydrogen-bond acceptors (Lipinski definition) is 6. The van der Waals surface area contributed by atoms with Gasteiger partial charge in [-0.3, -0.25) is 4.98 Å². The Morgan fingerprint density at radius 2 is 2.14 bits per heavy atom. The third kappa shape index (κ3) is 3.56. The fraction of sp³-hybridized carbons (Fsp3) is 0.524. The molecule has 0 N–H and O–H groups in total. The lowest BCUT2D eigenvalue weighted by Crippen LogP contribution is -2.41. The summed E-state index contributed by atoms with van der Waals surface area (Å²) in [6.07, 6.45) is 3.26. The molecule has 0 radical (unpaired) electrons. The molecule has 2 aromatic rings. The van der Waals surface area contributed by atoms with E-state index in [4.69, 9.17) is 14.2 Å². The van der Waals surface area contributed by atoms with Gasteiger partial charge in [-0.2, -0.15) is 0 Å². The summed E-state index contributed by atoms with van der Waals surface area (Å²) in [4.78, 5) is 19.2. The highest BCUT2D eigenvalue weighted by Gasteiger charge is 2.33. The second-order valence-corrected chi connectivity index (χ2v) is 7.32. The molecule has 1 atom stereocenters. The number of aromatic nitrogens is 1. The van der Waals surface area contributed by atoms with Crippen LogP contribution in [0.2, 0.25) is 0 Å². The van der Waals surface area contributed by atoms with Crippen LogP contribution in [0, 0.1) is 18.7 Å². The van der Waals surface area contributed by atoms with E-state index in [9.17, 15) is 9.18 Å². The van der Waals surface area contributed by atoms with Crippen LogP contribution in [0.25, 0.3) is 10.9 Å². The minimum absolute atomic E-state index is 0.198. The van der Waals surface area contributed by atoms with Crippen LogP contribution >= 0.6 is 0 Å². The lowest BCUT2D eigenvalue weighted by Gasteiger charge is -2.37. The lowest BCUT2D eigenvalue weighted by atomic mass is 9.95. The van der Waals surface area contributed by atoms with E-state index >= 15 is 0 Å². The van der Waals surface area contributed by atoms with Crippen LogP contribution in [-0.2, 0) is 14.2 Å². The summed E-state index contributed by atoms with van der Waals surface area (Å²) < 4.78 is 30.9. The first-order chi connectivity index (χ1) is 13.6. The first kappa shape index (κ1) is 19.1. The van der Waals surface area contributed by atoms with E-state index in [1.807, 2.05) is 6.92 Å². The highest BCUT2D eigenvalue weighted by Crippen LogP contribution is 2.36. The Balaban J connectivity index is 1.80. The molecule has 1 unspecified atom stereocenters. The second kappa shape index (κ2) is 8.01. The molecule has 150 valence electrons. The van der Waals surface area contributed by atoms with Crippen molar-refractivity contribution in [3.63, 3.8) is 0 Å². The standard InChI is InChI=1S/C21H25FN2O4/c1-3-26-20(25)17-11-23-18-13(2)9-15(22)10-16(18)19(17)24-6-4-5-14(12-24)21-27-7-8-28-21/h9-11,14,21H,3-8,12H2,1-2H3. The number of nitrogens with zero attached hydrogens (tertiary/aromatic N) is 2. The van der Waals surface area contributed by atoms with Gasteiger partial charge >= 0.3 is 5.97 Å². The third-order valence-electron chi connectivity index (χ3n) is 5.40. The van der Waals surface area contributed by atoms with E-state index in [2.05, 4.69) is 9.88 Å². The van der Waals surface area contributed by atoms with Crippen molar-refractivity contribution >= 4 is 22.6 Å². The van der Waals surface area contributed by atoms with E-state index in [0.29, 0.717) is 41.9 Å². The summed E-state index contributed by atoms with van der Waals surface area (Å²) in [7, 11) is 0. The number of ether oxygens (including phenoxy) is 3. The monoisotopic (exact) mass is 388 g/mol.